The van der Waals surface area contributed by atoms with Gasteiger partial charge in [-0.15, -0.1) is 0 Å². The zero-order valence-corrected chi connectivity index (χ0v) is 8.78. The molecule has 0 aliphatic heterocycles. The van der Waals surface area contributed by atoms with Crippen molar-refractivity contribution in [3.05, 3.63) is 0 Å². The molecule has 0 saturated heterocycles. The van der Waals surface area contributed by atoms with Gasteiger partial charge in [-0.3, -0.25) is 0 Å². The van der Waals surface area contributed by atoms with Gasteiger partial charge in [0.05, 0.1) is 0 Å². The molecule has 2 rings (SSSR count). The Labute approximate surface area is 75.9 Å². The third-order valence-electron chi connectivity index (χ3n) is 4.60. The molecular formula is C11H21N. The maximum Gasteiger partial charge on any atom is 0.0269 e. The molecule has 0 aromatic rings. The minimum absolute atomic E-state index is 0.505. The Hall–Kier alpha value is -0.0400. The predicted octanol–water partition coefficient (Wildman–Crippen LogP) is 2.42. The van der Waals surface area contributed by atoms with Crippen molar-refractivity contribution < 1.29 is 0 Å². The Morgan fingerprint density at radius 1 is 1.25 bits per heavy atom. The Bertz CT molecular complexity index is 197. The van der Waals surface area contributed by atoms with E-state index in [1.165, 1.54) is 19.3 Å². The van der Waals surface area contributed by atoms with Crippen molar-refractivity contribution in [3.63, 3.8) is 0 Å². The molecule has 0 spiro atoms. The summed E-state index contributed by atoms with van der Waals surface area (Å²) in [6.07, 6.45) is 4.27. The van der Waals surface area contributed by atoms with Crippen molar-refractivity contribution >= 4 is 0 Å². The molecule has 0 radical (unpaired) electrons. The number of rotatable bonds is 1. The van der Waals surface area contributed by atoms with Crippen LogP contribution in [0.3, 0.4) is 0 Å². The molecular weight excluding hydrogens is 146 g/mol. The highest BCUT2D eigenvalue weighted by Crippen LogP contribution is 2.68. The van der Waals surface area contributed by atoms with E-state index in [1.54, 1.807) is 0 Å². The molecule has 0 aromatic carbocycles. The average Bonchev–Trinajstić information content (AvgIpc) is 2.49. The van der Waals surface area contributed by atoms with Crippen molar-refractivity contribution in [2.75, 3.05) is 7.05 Å². The van der Waals surface area contributed by atoms with Gasteiger partial charge in [-0.1, -0.05) is 27.2 Å². The van der Waals surface area contributed by atoms with Crippen molar-refractivity contribution in [1.29, 1.82) is 0 Å². The molecule has 1 heteroatoms. The van der Waals surface area contributed by atoms with Crippen molar-refractivity contribution in [3.8, 4) is 0 Å². The number of hydrogen-bond acceptors (Lipinski definition) is 1. The van der Waals surface area contributed by atoms with Crippen LogP contribution in [0.2, 0.25) is 0 Å². The summed E-state index contributed by atoms with van der Waals surface area (Å²) in [6.45, 7) is 7.24. The van der Waals surface area contributed by atoms with Crippen LogP contribution < -0.4 is 5.32 Å². The molecule has 0 heterocycles. The second-order valence-corrected chi connectivity index (χ2v) is 5.38. The summed E-state index contributed by atoms with van der Waals surface area (Å²) in [5.41, 5.74) is 1.07. The van der Waals surface area contributed by atoms with E-state index >= 15 is 0 Å². The first-order valence-electron chi connectivity index (χ1n) is 5.23. The first kappa shape index (κ1) is 8.55. The fourth-order valence-corrected chi connectivity index (χ4v) is 3.68. The summed E-state index contributed by atoms with van der Waals surface area (Å²) in [5, 5.41) is 3.58. The van der Waals surface area contributed by atoms with E-state index in [1.807, 2.05) is 0 Å². The van der Waals surface area contributed by atoms with E-state index in [0.29, 0.717) is 11.0 Å². The largest absolute Gasteiger partial charge is 0.313 e. The summed E-state index contributed by atoms with van der Waals surface area (Å²) < 4.78 is 0. The molecule has 70 valence electrons. The maximum absolute atomic E-state index is 3.58. The van der Waals surface area contributed by atoms with E-state index in [0.717, 1.165) is 11.8 Å². The minimum atomic E-state index is 0.505. The van der Waals surface area contributed by atoms with Crippen molar-refractivity contribution in [1.82, 2.24) is 5.32 Å². The highest BCUT2D eigenvalue weighted by molar-refractivity contribution is 5.25. The van der Waals surface area contributed by atoms with Crippen LogP contribution in [0.15, 0.2) is 0 Å². The fourth-order valence-electron chi connectivity index (χ4n) is 3.68. The second kappa shape index (κ2) is 2.25. The van der Waals surface area contributed by atoms with Gasteiger partial charge in [-0.2, -0.15) is 0 Å². The highest BCUT2D eigenvalue weighted by atomic mass is 15.1. The Balaban J connectivity index is 2.19. The lowest BCUT2D eigenvalue weighted by molar-refractivity contribution is 0.292. The summed E-state index contributed by atoms with van der Waals surface area (Å²) in [7, 11) is 2.14. The molecule has 2 saturated carbocycles. The zero-order valence-electron chi connectivity index (χ0n) is 8.78. The SMILES string of the molecule is CNC12CC(C)CCC1C2(C)C. The molecule has 0 aromatic heterocycles. The van der Waals surface area contributed by atoms with E-state index in [2.05, 4.69) is 33.1 Å². The molecule has 3 unspecified atom stereocenters. The van der Waals surface area contributed by atoms with Crippen LogP contribution in [0.5, 0.6) is 0 Å². The number of fused-ring (bicyclic) bond motifs is 1. The lowest BCUT2D eigenvalue weighted by atomic mass is 9.86. The average molecular weight is 167 g/mol. The van der Waals surface area contributed by atoms with Gasteiger partial charge < -0.3 is 5.32 Å². The lowest BCUT2D eigenvalue weighted by Crippen LogP contribution is -2.37. The summed E-state index contributed by atoms with van der Waals surface area (Å²) in [5.74, 6) is 1.88. The number of nitrogens with one attached hydrogen (secondary N) is 1. The van der Waals surface area contributed by atoms with Crippen LogP contribution in [0, 0.1) is 17.3 Å². The van der Waals surface area contributed by atoms with Gasteiger partial charge in [0.2, 0.25) is 0 Å². The van der Waals surface area contributed by atoms with Gasteiger partial charge in [-0.25, -0.2) is 0 Å². The van der Waals surface area contributed by atoms with Crippen molar-refractivity contribution in [2.24, 2.45) is 17.3 Å². The van der Waals surface area contributed by atoms with Gasteiger partial charge in [0.1, 0.15) is 0 Å². The van der Waals surface area contributed by atoms with Crippen LogP contribution in [-0.4, -0.2) is 12.6 Å². The third-order valence-corrected chi connectivity index (χ3v) is 4.60. The number of hydrogen-bond donors (Lipinski definition) is 1. The zero-order chi connectivity index (χ0) is 8.98. The minimum Gasteiger partial charge on any atom is -0.313 e. The molecule has 0 bridgehead atoms. The highest BCUT2D eigenvalue weighted by Gasteiger charge is 2.70. The maximum atomic E-state index is 3.58. The van der Waals surface area contributed by atoms with E-state index in [9.17, 15) is 0 Å². The van der Waals surface area contributed by atoms with Gasteiger partial charge in [0.15, 0.2) is 0 Å². The van der Waals surface area contributed by atoms with Crippen LogP contribution in [0.25, 0.3) is 0 Å². The van der Waals surface area contributed by atoms with Crippen LogP contribution in [0.4, 0.5) is 0 Å². The molecule has 3 atom stereocenters. The fraction of sp³-hybridized carbons (Fsp3) is 1.00. The summed E-state index contributed by atoms with van der Waals surface area (Å²) in [4.78, 5) is 0. The lowest BCUT2D eigenvalue weighted by Gasteiger charge is -2.27. The van der Waals surface area contributed by atoms with E-state index < -0.39 is 0 Å². The third kappa shape index (κ3) is 0.783. The topological polar surface area (TPSA) is 12.0 Å². The summed E-state index contributed by atoms with van der Waals surface area (Å²) in [6, 6.07) is 0. The smallest absolute Gasteiger partial charge is 0.0269 e. The quantitative estimate of drug-likeness (QED) is 0.632. The predicted molar refractivity (Wildman–Crippen MR) is 52.1 cm³/mol. The molecule has 2 fully saturated rings. The van der Waals surface area contributed by atoms with Gasteiger partial charge >= 0.3 is 0 Å². The standard InChI is InChI=1S/C11H21N/c1-8-5-6-9-10(2,3)11(9,7-8)12-4/h8-9,12H,5-7H2,1-4H3. The van der Waals surface area contributed by atoms with Crippen LogP contribution >= 0.6 is 0 Å². The Kier molecular flexibility index (Phi) is 1.61. The molecule has 2 aliphatic rings. The molecule has 2 aliphatic carbocycles. The van der Waals surface area contributed by atoms with Gasteiger partial charge in [0, 0.05) is 5.54 Å². The van der Waals surface area contributed by atoms with Crippen LogP contribution in [0.1, 0.15) is 40.0 Å². The first-order chi connectivity index (χ1) is 5.54. The molecule has 1 nitrogen and oxygen atoms in total. The molecule has 0 amide bonds. The van der Waals surface area contributed by atoms with E-state index in [-0.39, 0.29) is 0 Å². The first-order valence-corrected chi connectivity index (χ1v) is 5.23. The van der Waals surface area contributed by atoms with E-state index in [4.69, 9.17) is 0 Å². The summed E-state index contributed by atoms with van der Waals surface area (Å²) >= 11 is 0. The molecule has 1 N–H and O–H groups in total. The Morgan fingerprint density at radius 3 is 2.42 bits per heavy atom. The monoisotopic (exact) mass is 167 g/mol. The normalized spacial score (nSPS) is 50.0. The Morgan fingerprint density at radius 2 is 1.92 bits per heavy atom. The van der Waals surface area contributed by atoms with Crippen molar-refractivity contribution in [2.45, 2.75) is 45.6 Å². The molecule has 12 heavy (non-hydrogen) atoms. The van der Waals surface area contributed by atoms with Gasteiger partial charge in [-0.05, 0) is 37.1 Å². The van der Waals surface area contributed by atoms with Crippen LogP contribution in [-0.2, 0) is 0 Å². The second-order valence-electron chi connectivity index (χ2n) is 5.38. The van der Waals surface area contributed by atoms with Gasteiger partial charge in [0.25, 0.3) is 0 Å².